The first-order chi connectivity index (χ1) is 8.68. The van der Waals surface area contributed by atoms with E-state index in [4.69, 9.17) is 0 Å². The molecule has 0 bridgehead atoms. The minimum absolute atomic E-state index is 0.765. The molecule has 0 radical (unpaired) electrons. The number of thioether (sulfide) groups is 1. The van der Waals surface area contributed by atoms with E-state index in [-0.39, 0.29) is 0 Å². The molecule has 1 aromatic carbocycles. The fourth-order valence-electron chi connectivity index (χ4n) is 1.84. The van der Waals surface area contributed by atoms with E-state index in [1.807, 2.05) is 0 Å². The van der Waals surface area contributed by atoms with Gasteiger partial charge in [0.1, 0.15) is 0 Å². The fraction of sp³-hybridized carbons (Fsp3) is 0.625. The quantitative estimate of drug-likeness (QED) is 0.670. The molecule has 0 spiro atoms. The van der Waals surface area contributed by atoms with Gasteiger partial charge in [-0.25, -0.2) is 0 Å². The molecule has 0 aliphatic heterocycles. The predicted octanol–water partition coefficient (Wildman–Crippen LogP) is 4.25. The Bertz CT molecular complexity index is 323. The van der Waals surface area contributed by atoms with Crippen LogP contribution >= 0.6 is 11.8 Å². The number of nitrogens with one attached hydrogen (secondary N) is 1. The van der Waals surface area contributed by atoms with Crippen LogP contribution in [0, 0.1) is 12.8 Å². The second kappa shape index (κ2) is 9.46. The summed E-state index contributed by atoms with van der Waals surface area (Å²) in [4.78, 5) is 0. The summed E-state index contributed by atoms with van der Waals surface area (Å²) in [6.45, 7) is 8.99. The molecule has 0 heterocycles. The van der Waals surface area contributed by atoms with Gasteiger partial charge in [0.15, 0.2) is 0 Å². The first kappa shape index (κ1) is 15.6. The average Bonchev–Trinajstić information content (AvgIpc) is 2.32. The number of rotatable bonds is 9. The molecular formula is C16H27NS. The van der Waals surface area contributed by atoms with Crippen molar-refractivity contribution in [1.82, 2.24) is 5.32 Å². The predicted molar refractivity (Wildman–Crippen MR) is 84.3 cm³/mol. The van der Waals surface area contributed by atoms with Crippen LogP contribution in [0.2, 0.25) is 0 Å². The Labute approximate surface area is 117 Å². The van der Waals surface area contributed by atoms with Crippen LogP contribution in [0.15, 0.2) is 24.3 Å². The zero-order valence-corrected chi connectivity index (χ0v) is 12.9. The van der Waals surface area contributed by atoms with Crippen LogP contribution < -0.4 is 5.32 Å². The van der Waals surface area contributed by atoms with Gasteiger partial charge in [0.05, 0.1) is 0 Å². The summed E-state index contributed by atoms with van der Waals surface area (Å²) in [5.74, 6) is 3.19. The van der Waals surface area contributed by atoms with Gasteiger partial charge in [-0.1, -0.05) is 43.7 Å². The molecule has 1 N–H and O–H groups in total. The van der Waals surface area contributed by atoms with Crippen LogP contribution in [0.4, 0.5) is 0 Å². The third-order valence-corrected chi connectivity index (χ3v) is 3.91. The summed E-state index contributed by atoms with van der Waals surface area (Å²) in [6.07, 6.45) is 2.62. The highest BCUT2D eigenvalue weighted by atomic mass is 32.2. The van der Waals surface area contributed by atoms with Gasteiger partial charge in [-0.05, 0) is 50.1 Å². The van der Waals surface area contributed by atoms with E-state index in [0.29, 0.717) is 0 Å². The molecule has 0 aliphatic rings. The third-order valence-electron chi connectivity index (χ3n) is 2.80. The highest BCUT2D eigenvalue weighted by Crippen LogP contribution is 2.14. The van der Waals surface area contributed by atoms with E-state index >= 15 is 0 Å². The monoisotopic (exact) mass is 265 g/mol. The van der Waals surface area contributed by atoms with Crippen molar-refractivity contribution in [2.75, 3.05) is 18.8 Å². The Balaban J connectivity index is 1.96. The standard InChI is InChI=1S/C16H27NS/c1-14(2)12-17-9-4-5-10-18-13-16-8-6-7-15(3)11-16/h6-8,11,14,17H,4-5,9-10,12-13H2,1-3H3. The lowest BCUT2D eigenvalue weighted by atomic mass is 10.2. The lowest BCUT2D eigenvalue weighted by molar-refractivity contribution is 0.541. The van der Waals surface area contributed by atoms with Gasteiger partial charge in [-0.15, -0.1) is 0 Å². The molecule has 18 heavy (non-hydrogen) atoms. The minimum Gasteiger partial charge on any atom is -0.316 e. The molecule has 1 nitrogen and oxygen atoms in total. The molecule has 102 valence electrons. The highest BCUT2D eigenvalue weighted by Gasteiger charge is 1.95. The number of aryl methyl sites for hydroxylation is 1. The smallest absolute Gasteiger partial charge is 0.0184 e. The van der Waals surface area contributed by atoms with Gasteiger partial charge < -0.3 is 5.32 Å². The van der Waals surface area contributed by atoms with E-state index in [0.717, 1.165) is 18.2 Å². The molecule has 0 aromatic heterocycles. The maximum atomic E-state index is 3.49. The van der Waals surface area contributed by atoms with Gasteiger partial charge in [0.2, 0.25) is 0 Å². The summed E-state index contributed by atoms with van der Waals surface area (Å²) >= 11 is 2.05. The second-order valence-corrected chi connectivity index (χ2v) is 6.45. The molecule has 0 fully saturated rings. The van der Waals surface area contributed by atoms with Crippen molar-refractivity contribution in [2.24, 2.45) is 5.92 Å². The van der Waals surface area contributed by atoms with E-state index in [9.17, 15) is 0 Å². The van der Waals surface area contributed by atoms with Crippen LogP contribution in [-0.2, 0) is 5.75 Å². The maximum Gasteiger partial charge on any atom is 0.0184 e. The maximum absolute atomic E-state index is 3.49. The molecule has 1 aromatic rings. The zero-order valence-electron chi connectivity index (χ0n) is 12.0. The molecule has 0 saturated heterocycles. The molecule has 0 atom stereocenters. The van der Waals surface area contributed by atoms with Crippen molar-refractivity contribution in [1.29, 1.82) is 0 Å². The summed E-state index contributed by atoms with van der Waals surface area (Å²) in [6, 6.07) is 8.83. The molecule has 0 aliphatic carbocycles. The van der Waals surface area contributed by atoms with Crippen LogP contribution in [0.3, 0.4) is 0 Å². The fourth-order valence-corrected chi connectivity index (χ4v) is 2.80. The zero-order chi connectivity index (χ0) is 13.2. The Kier molecular flexibility index (Phi) is 8.19. The van der Waals surface area contributed by atoms with Crippen molar-refractivity contribution >= 4 is 11.8 Å². The van der Waals surface area contributed by atoms with Crippen molar-refractivity contribution in [2.45, 2.75) is 39.4 Å². The lowest BCUT2D eigenvalue weighted by Gasteiger charge is -2.07. The normalized spacial score (nSPS) is 11.1. The molecule has 1 rings (SSSR count). The largest absolute Gasteiger partial charge is 0.316 e. The average molecular weight is 265 g/mol. The lowest BCUT2D eigenvalue weighted by Crippen LogP contribution is -2.20. The number of hydrogen-bond donors (Lipinski definition) is 1. The third kappa shape index (κ3) is 7.78. The summed E-state index contributed by atoms with van der Waals surface area (Å²) in [7, 11) is 0. The number of benzene rings is 1. The van der Waals surface area contributed by atoms with Crippen LogP contribution in [0.1, 0.15) is 37.8 Å². The van der Waals surface area contributed by atoms with Gasteiger partial charge in [0, 0.05) is 5.75 Å². The van der Waals surface area contributed by atoms with E-state index in [2.05, 4.69) is 62.1 Å². The van der Waals surface area contributed by atoms with Gasteiger partial charge in [-0.3, -0.25) is 0 Å². The summed E-state index contributed by atoms with van der Waals surface area (Å²) < 4.78 is 0. The summed E-state index contributed by atoms with van der Waals surface area (Å²) in [5.41, 5.74) is 2.82. The first-order valence-corrected chi connectivity index (χ1v) is 8.18. The highest BCUT2D eigenvalue weighted by molar-refractivity contribution is 7.98. The first-order valence-electron chi connectivity index (χ1n) is 7.02. The minimum atomic E-state index is 0.765. The van der Waals surface area contributed by atoms with E-state index in [1.165, 1.54) is 36.3 Å². The van der Waals surface area contributed by atoms with E-state index < -0.39 is 0 Å². The van der Waals surface area contributed by atoms with Crippen LogP contribution in [0.25, 0.3) is 0 Å². The van der Waals surface area contributed by atoms with Crippen LogP contribution in [0.5, 0.6) is 0 Å². The molecule has 0 saturated carbocycles. The SMILES string of the molecule is Cc1cccc(CSCCCCNCC(C)C)c1. The van der Waals surface area contributed by atoms with Crippen molar-refractivity contribution in [3.05, 3.63) is 35.4 Å². The Morgan fingerprint density at radius 3 is 2.78 bits per heavy atom. The topological polar surface area (TPSA) is 12.0 Å². The Hall–Kier alpha value is -0.470. The van der Waals surface area contributed by atoms with Gasteiger partial charge in [-0.2, -0.15) is 11.8 Å². The van der Waals surface area contributed by atoms with Crippen LogP contribution in [-0.4, -0.2) is 18.8 Å². The molecule has 0 unspecified atom stereocenters. The van der Waals surface area contributed by atoms with Gasteiger partial charge in [0.25, 0.3) is 0 Å². The van der Waals surface area contributed by atoms with E-state index in [1.54, 1.807) is 0 Å². The second-order valence-electron chi connectivity index (χ2n) is 5.35. The molecule has 0 amide bonds. The summed E-state index contributed by atoms with van der Waals surface area (Å²) in [5, 5.41) is 3.49. The van der Waals surface area contributed by atoms with Crippen molar-refractivity contribution in [3.63, 3.8) is 0 Å². The molecule has 2 heteroatoms. The number of unbranched alkanes of at least 4 members (excludes halogenated alkanes) is 1. The van der Waals surface area contributed by atoms with Crippen molar-refractivity contribution < 1.29 is 0 Å². The number of hydrogen-bond acceptors (Lipinski definition) is 2. The Morgan fingerprint density at radius 2 is 2.06 bits per heavy atom. The van der Waals surface area contributed by atoms with Crippen molar-refractivity contribution in [3.8, 4) is 0 Å². The molecular weight excluding hydrogens is 238 g/mol. The Morgan fingerprint density at radius 1 is 1.22 bits per heavy atom. The van der Waals surface area contributed by atoms with Gasteiger partial charge >= 0.3 is 0 Å².